The standard InChI is InChI=1S/C19H27N5O2/c1-14-4-3-5-16-19(14)21-17(20-16)12-26-13-18(25)24-9-8-23-7-6-22(2)10-15(23)11-24/h3-5,15H,6-13H2,1-2H3,(H,20,21)/t15-/m1/s1. The summed E-state index contributed by atoms with van der Waals surface area (Å²) in [6, 6.07) is 6.50. The predicted molar refractivity (Wildman–Crippen MR) is 99.9 cm³/mol. The topological polar surface area (TPSA) is 64.7 Å². The van der Waals surface area contributed by atoms with E-state index in [2.05, 4.69) is 26.8 Å². The van der Waals surface area contributed by atoms with Gasteiger partial charge >= 0.3 is 0 Å². The predicted octanol–water partition coefficient (Wildman–Crippen LogP) is 0.846. The quantitative estimate of drug-likeness (QED) is 0.879. The number of nitrogens with one attached hydrogen (secondary N) is 1. The van der Waals surface area contributed by atoms with E-state index < -0.39 is 0 Å². The van der Waals surface area contributed by atoms with Crippen LogP contribution in [0.2, 0.25) is 0 Å². The number of aryl methyl sites for hydroxylation is 1. The molecular weight excluding hydrogens is 330 g/mol. The minimum Gasteiger partial charge on any atom is -0.364 e. The molecule has 3 heterocycles. The van der Waals surface area contributed by atoms with Crippen LogP contribution in [0, 0.1) is 6.92 Å². The van der Waals surface area contributed by atoms with Crippen LogP contribution in [0.25, 0.3) is 11.0 Å². The number of nitrogens with zero attached hydrogens (tertiary/aromatic N) is 4. The van der Waals surface area contributed by atoms with Gasteiger partial charge in [-0.1, -0.05) is 12.1 Å². The molecule has 2 fully saturated rings. The summed E-state index contributed by atoms with van der Waals surface area (Å²) < 4.78 is 5.65. The number of rotatable bonds is 4. The van der Waals surface area contributed by atoms with Crippen molar-refractivity contribution in [1.82, 2.24) is 24.7 Å². The van der Waals surface area contributed by atoms with E-state index in [0.29, 0.717) is 12.6 Å². The Balaban J connectivity index is 1.29. The minimum absolute atomic E-state index is 0.0742. The van der Waals surface area contributed by atoms with Crippen LogP contribution in [0.1, 0.15) is 11.4 Å². The maximum atomic E-state index is 12.5. The van der Waals surface area contributed by atoms with Crippen LogP contribution in [0.3, 0.4) is 0 Å². The van der Waals surface area contributed by atoms with Crippen molar-refractivity contribution in [2.75, 3.05) is 52.9 Å². The summed E-state index contributed by atoms with van der Waals surface area (Å²) in [7, 11) is 2.15. The van der Waals surface area contributed by atoms with Crippen molar-refractivity contribution in [1.29, 1.82) is 0 Å². The number of carbonyl (C=O) groups is 1. The van der Waals surface area contributed by atoms with E-state index in [1.165, 1.54) is 0 Å². The third-order valence-corrected chi connectivity index (χ3v) is 5.48. The molecule has 2 aromatic rings. The molecule has 1 aromatic carbocycles. The number of fused-ring (bicyclic) bond motifs is 2. The SMILES string of the molecule is Cc1cccc2[nH]c(COCC(=O)N3CCN4CCN(C)C[C@@H]4C3)nc12. The highest BCUT2D eigenvalue weighted by molar-refractivity contribution is 5.78. The second-order valence-electron chi connectivity index (χ2n) is 7.44. The van der Waals surface area contributed by atoms with E-state index in [1.807, 2.05) is 30.0 Å². The molecule has 0 spiro atoms. The van der Waals surface area contributed by atoms with E-state index in [1.54, 1.807) is 0 Å². The number of imidazole rings is 1. The van der Waals surface area contributed by atoms with Crippen LogP contribution in [0.4, 0.5) is 0 Å². The molecule has 7 heteroatoms. The van der Waals surface area contributed by atoms with Gasteiger partial charge in [-0.05, 0) is 25.6 Å². The molecule has 0 unspecified atom stereocenters. The van der Waals surface area contributed by atoms with Gasteiger partial charge in [-0.2, -0.15) is 0 Å². The van der Waals surface area contributed by atoms with Crippen molar-refractivity contribution in [3.05, 3.63) is 29.6 Å². The van der Waals surface area contributed by atoms with Gasteiger partial charge in [0, 0.05) is 45.3 Å². The molecule has 1 aromatic heterocycles. The molecule has 2 aliphatic rings. The zero-order valence-corrected chi connectivity index (χ0v) is 15.6. The Morgan fingerprint density at radius 2 is 2.12 bits per heavy atom. The average molecular weight is 357 g/mol. The zero-order chi connectivity index (χ0) is 18.1. The molecular formula is C19H27N5O2. The fourth-order valence-corrected chi connectivity index (χ4v) is 3.96. The maximum Gasteiger partial charge on any atom is 0.248 e. The fourth-order valence-electron chi connectivity index (χ4n) is 3.96. The molecule has 26 heavy (non-hydrogen) atoms. The van der Waals surface area contributed by atoms with Crippen molar-refractivity contribution < 1.29 is 9.53 Å². The Hall–Kier alpha value is -1.96. The number of hydrogen-bond acceptors (Lipinski definition) is 5. The van der Waals surface area contributed by atoms with Gasteiger partial charge in [0.15, 0.2) is 0 Å². The molecule has 0 saturated carbocycles. The highest BCUT2D eigenvalue weighted by Gasteiger charge is 2.32. The maximum absolute atomic E-state index is 12.5. The number of aromatic amines is 1. The van der Waals surface area contributed by atoms with Crippen molar-refractivity contribution in [2.45, 2.75) is 19.6 Å². The van der Waals surface area contributed by atoms with Crippen LogP contribution >= 0.6 is 0 Å². The number of para-hydroxylation sites is 1. The highest BCUT2D eigenvalue weighted by Crippen LogP contribution is 2.17. The van der Waals surface area contributed by atoms with Gasteiger partial charge in [-0.25, -0.2) is 4.98 Å². The van der Waals surface area contributed by atoms with Crippen LogP contribution in [0.15, 0.2) is 18.2 Å². The van der Waals surface area contributed by atoms with E-state index in [0.717, 1.165) is 61.7 Å². The molecule has 0 bridgehead atoms. The normalized spacial score (nSPS) is 21.9. The molecule has 1 N–H and O–H groups in total. The monoisotopic (exact) mass is 357 g/mol. The highest BCUT2D eigenvalue weighted by atomic mass is 16.5. The van der Waals surface area contributed by atoms with Gasteiger partial charge in [-0.15, -0.1) is 0 Å². The number of aromatic nitrogens is 2. The summed E-state index contributed by atoms with van der Waals surface area (Å²) in [6.07, 6.45) is 0. The van der Waals surface area contributed by atoms with Gasteiger partial charge in [-0.3, -0.25) is 9.69 Å². The number of H-pyrrole nitrogens is 1. The minimum atomic E-state index is 0.0742. The number of ether oxygens (including phenoxy) is 1. The van der Waals surface area contributed by atoms with Crippen LogP contribution in [-0.2, 0) is 16.1 Å². The van der Waals surface area contributed by atoms with Crippen molar-refractivity contribution in [2.24, 2.45) is 0 Å². The summed E-state index contributed by atoms with van der Waals surface area (Å²) in [6.45, 7) is 8.29. The van der Waals surface area contributed by atoms with Gasteiger partial charge in [0.25, 0.3) is 0 Å². The Bertz CT molecular complexity index is 789. The summed E-state index contributed by atoms with van der Waals surface area (Å²) in [5, 5.41) is 0. The lowest BCUT2D eigenvalue weighted by molar-refractivity contribution is -0.140. The third-order valence-electron chi connectivity index (χ3n) is 5.48. The average Bonchev–Trinajstić information content (AvgIpc) is 3.05. The largest absolute Gasteiger partial charge is 0.364 e. The number of likely N-dealkylation sites (N-methyl/N-ethyl adjacent to an activating group) is 1. The molecule has 7 nitrogen and oxygen atoms in total. The first-order chi connectivity index (χ1) is 12.6. The second-order valence-corrected chi connectivity index (χ2v) is 7.44. The first kappa shape index (κ1) is 17.5. The Kier molecular flexibility index (Phi) is 4.93. The van der Waals surface area contributed by atoms with Crippen LogP contribution in [-0.4, -0.2) is 89.5 Å². The van der Waals surface area contributed by atoms with Crippen molar-refractivity contribution >= 4 is 16.9 Å². The summed E-state index contributed by atoms with van der Waals surface area (Å²) in [5.74, 6) is 0.839. The lowest BCUT2D eigenvalue weighted by Gasteiger charge is -2.46. The van der Waals surface area contributed by atoms with Crippen LogP contribution < -0.4 is 0 Å². The molecule has 1 amide bonds. The Labute approximate surface area is 153 Å². The number of benzene rings is 1. The molecule has 2 saturated heterocycles. The van der Waals surface area contributed by atoms with Gasteiger partial charge in [0.2, 0.25) is 5.91 Å². The van der Waals surface area contributed by atoms with Gasteiger partial charge in [0.1, 0.15) is 19.0 Å². The van der Waals surface area contributed by atoms with E-state index in [-0.39, 0.29) is 12.5 Å². The van der Waals surface area contributed by atoms with E-state index in [4.69, 9.17) is 4.74 Å². The molecule has 0 aliphatic carbocycles. The lowest BCUT2D eigenvalue weighted by Crippen LogP contribution is -2.62. The second kappa shape index (κ2) is 7.34. The smallest absolute Gasteiger partial charge is 0.248 e. The number of piperazine rings is 2. The molecule has 140 valence electrons. The lowest BCUT2D eigenvalue weighted by atomic mass is 10.1. The first-order valence-corrected chi connectivity index (χ1v) is 9.32. The van der Waals surface area contributed by atoms with E-state index >= 15 is 0 Å². The number of hydrogen-bond donors (Lipinski definition) is 1. The molecule has 1 atom stereocenters. The fraction of sp³-hybridized carbons (Fsp3) is 0.579. The third kappa shape index (κ3) is 3.60. The van der Waals surface area contributed by atoms with Crippen molar-refractivity contribution in [3.8, 4) is 0 Å². The summed E-state index contributed by atoms with van der Waals surface area (Å²) >= 11 is 0. The molecule has 4 rings (SSSR count). The first-order valence-electron chi connectivity index (χ1n) is 9.32. The molecule has 2 aliphatic heterocycles. The van der Waals surface area contributed by atoms with E-state index in [9.17, 15) is 4.79 Å². The van der Waals surface area contributed by atoms with Gasteiger partial charge < -0.3 is 19.5 Å². The van der Waals surface area contributed by atoms with Crippen molar-refractivity contribution in [3.63, 3.8) is 0 Å². The number of amides is 1. The van der Waals surface area contributed by atoms with Crippen LogP contribution in [0.5, 0.6) is 0 Å². The Morgan fingerprint density at radius 1 is 1.27 bits per heavy atom. The summed E-state index contributed by atoms with van der Waals surface area (Å²) in [5.41, 5.74) is 3.11. The van der Waals surface area contributed by atoms with Gasteiger partial charge in [0.05, 0.1) is 11.0 Å². The molecule has 0 radical (unpaired) electrons. The number of carbonyl (C=O) groups excluding carboxylic acids is 1. The summed E-state index contributed by atoms with van der Waals surface area (Å²) in [4.78, 5) is 27.1. The Morgan fingerprint density at radius 3 is 2.96 bits per heavy atom. The zero-order valence-electron chi connectivity index (χ0n) is 15.6.